The molecule has 2 aromatic carbocycles. The van der Waals surface area contributed by atoms with Gasteiger partial charge in [0.15, 0.2) is 5.69 Å². The highest BCUT2D eigenvalue weighted by molar-refractivity contribution is 5.72. The summed E-state index contributed by atoms with van der Waals surface area (Å²) in [7, 11) is 0. The fourth-order valence-electron chi connectivity index (χ4n) is 2.25. The second kappa shape index (κ2) is 6.83. The van der Waals surface area contributed by atoms with E-state index >= 15 is 0 Å². The van der Waals surface area contributed by atoms with Gasteiger partial charge in [0, 0.05) is 5.56 Å². The summed E-state index contributed by atoms with van der Waals surface area (Å²) in [6.07, 6.45) is -0.0695. The molecule has 0 aliphatic heterocycles. The van der Waals surface area contributed by atoms with Crippen molar-refractivity contribution < 1.29 is 15.0 Å². The first-order chi connectivity index (χ1) is 12.0. The highest BCUT2D eigenvalue weighted by atomic mass is 16.4. The third-order valence-electron chi connectivity index (χ3n) is 3.47. The molecular weight excluding hydrogens is 324 g/mol. The summed E-state index contributed by atoms with van der Waals surface area (Å²) >= 11 is 0. The Kier molecular flexibility index (Phi) is 4.42. The third kappa shape index (κ3) is 3.81. The summed E-state index contributed by atoms with van der Waals surface area (Å²) in [4.78, 5) is 22.6. The quantitative estimate of drug-likeness (QED) is 0.532. The number of nitrogens with one attached hydrogen (secondary N) is 2. The number of hydrogen-bond donors (Lipinski definition) is 4. The second-order valence-corrected chi connectivity index (χ2v) is 5.29. The zero-order valence-corrected chi connectivity index (χ0v) is 12.9. The van der Waals surface area contributed by atoms with Crippen molar-refractivity contribution in [2.45, 2.75) is 6.42 Å². The molecule has 0 aliphatic rings. The van der Waals surface area contributed by atoms with Gasteiger partial charge in [-0.3, -0.25) is 19.8 Å². The Balaban J connectivity index is 1.86. The van der Waals surface area contributed by atoms with Gasteiger partial charge in [-0.2, -0.15) is 5.11 Å². The van der Waals surface area contributed by atoms with Crippen LogP contribution in [0.25, 0.3) is 11.3 Å². The van der Waals surface area contributed by atoms with Crippen molar-refractivity contribution in [1.82, 2.24) is 10.2 Å². The molecule has 25 heavy (non-hydrogen) atoms. The monoisotopic (exact) mass is 338 g/mol. The molecule has 0 radical (unpaired) electrons. The van der Waals surface area contributed by atoms with E-state index in [1.165, 1.54) is 12.1 Å². The van der Waals surface area contributed by atoms with Crippen LogP contribution >= 0.6 is 0 Å². The van der Waals surface area contributed by atoms with Crippen LogP contribution < -0.4 is 5.56 Å². The van der Waals surface area contributed by atoms with Gasteiger partial charge in [-0.15, -0.1) is 5.11 Å². The molecule has 1 aromatic heterocycles. The van der Waals surface area contributed by atoms with Crippen molar-refractivity contribution >= 4 is 17.3 Å². The Morgan fingerprint density at radius 3 is 2.28 bits per heavy atom. The number of carboxylic acid groups (broad SMARTS) is 1. The van der Waals surface area contributed by atoms with Gasteiger partial charge < -0.3 is 10.2 Å². The molecule has 4 N–H and O–H groups in total. The third-order valence-corrected chi connectivity index (χ3v) is 3.47. The number of rotatable bonds is 5. The normalized spacial score (nSPS) is 11.0. The Morgan fingerprint density at radius 1 is 0.960 bits per heavy atom. The van der Waals surface area contributed by atoms with Gasteiger partial charge in [0.25, 0.3) is 5.56 Å². The molecule has 8 heteroatoms. The van der Waals surface area contributed by atoms with Crippen molar-refractivity contribution in [2.24, 2.45) is 10.2 Å². The van der Waals surface area contributed by atoms with Crippen LogP contribution in [0.4, 0.5) is 11.4 Å². The zero-order valence-electron chi connectivity index (χ0n) is 12.9. The van der Waals surface area contributed by atoms with Gasteiger partial charge in [0.05, 0.1) is 17.8 Å². The molecule has 0 fully saturated rings. The van der Waals surface area contributed by atoms with Crippen LogP contribution in [0.3, 0.4) is 0 Å². The maximum atomic E-state index is 11.9. The number of aromatic hydroxyl groups is 1. The number of aliphatic carboxylic acids is 1. The number of azo groups is 1. The molecule has 0 atom stereocenters. The van der Waals surface area contributed by atoms with Gasteiger partial charge in [-0.25, -0.2) is 0 Å². The molecule has 0 unspecified atom stereocenters. The topological polar surface area (TPSA) is 131 Å². The Bertz CT molecular complexity index is 969. The van der Waals surface area contributed by atoms with Gasteiger partial charge in [0.2, 0.25) is 0 Å². The van der Waals surface area contributed by atoms with Crippen molar-refractivity contribution in [3.8, 4) is 17.0 Å². The van der Waals surface area contributed by atoms with Gasteiger partial charge in [-0.05, 0) is 42.0 Å². The van der Waals surface area contributed by atoms with E-state index in [0.29, 0.717) is 22.5 Å². The summed E-state index contributed by atoms with van der Waals surface area (Å²) in [5, 5.41) is 31.3. The Hall–Kier alpha value is -3.68. The van der Waals surface area contributed by atoms with E-state index in [9.17, 15) is 14.7 Å². The molecule has 0 amide bonds. The number of benzene rings is 2. The highest BCUT2D eigenvalue weighted by Gasteiger charge is 2.11. The molecule has 8 nitrogen and oxygen atoms in total. The fraction of sp³-hybridized carbons (Fsp3) is 0.0588. The lowest BCUT2D eigenvalue weighted by atomic mass is 10.1. The van der Waals surface area contributed by atoms with Crippen LogP contribution in [-0.4, -0.2) is 26.4 Å². The molecule has 0 aliphatic carbocycles. The second-order valence-electron chi connectivity index (χ2n) is 5.29. The molecule has 0 saturated heterocycles. The maximum absolute atomic E-state index is 11.9. The van der Waals surface area contributed by atoms with Crippen molar-refractivity contribution in [3.63, 3.8) is 0 Å². The minimum absolute atomic E-state index is 0.0695. The SMILES string of the molecule is O=C(O)Cc1ccc(N=Nc2c(-c3ccc(O)cc3)[nH][nH]c2=O)cc1. The summed E-state index contributed by atoms with van der Waals surface area (Å²) in [6.45, 7) is 0. The van der Waals surface area contributed by atoms with Gasteiger partial charge in [0.1, 0.15) is 5.75 Å². The first kappa shape index (κ1) is 16.2. The standard InChI is InChI=1S/C17H14N4O4/c22-13-7-3-11(4-8-13)15-16(17(25)21-19-15)20-18-12-5-1-10(2-6-12)9-14(23)24/h1-8,22H,9H2,(H,23,24)(H2,19,21,25). The van der Waals surface area contributed by atoms with E-state index in [1.807, 2.05) is 0 Å². The molecule has 3 aromatic rings. The zero-order chi connectivity index (χ0) is 17.8. The van der Waals surface area contributed by atoms with E-state index in [2.05, 4.69) is 20.4 Å². The van der Waals surface area contributed by atoms with Gasteiger partial charge in [-0.1, -0.05) is 12.1 Å². The van der Waals surface area contributed by atoms with Crippen molar-refractivity contribution in [1.29, 1.82) is 0 Å². The number of phenols is 1. The predicted octanol–water partition coefficient (Wildman–Crippen LogP) is 3.12. The number of nitrogens with zero attached hydrogens (tertiary/aromatic N) is 2. The Labute approximate surface area is 141 Å². The number of carboxylic acids is 1. The number of aromatic nitrogens is 2. The minimum atomic E-state index is -0.910. The fourth-order valence-corrected chi connectivity index (χ4v) is 2.25. The molecule has 126 valence electrons. The van der Waals surface area contributed by atoms with Crippen molar-refractivity contribution in [3.05, 3.63) is 64.4 Å². The highest BCUT2D eigenvalue weighted by Crippen LogP contribution is 2.27. The lowest BCUT2D eigenvalue weighted by Gasteiger charge is -1.99. The van der Waals surface area contributed by atoms with E-state index in [4.69, 9.17) is 5.11 Å². The lowest BCUT2D eigenvalue weighted by molar-refractivity contribution is -0.136. The average Bonchev–Trinajstić information content (AvgIpc) is 2.95. The molecule has 0 bridgehead atoms. The molecule has 3 rings (SSSR count). The molecule has 1 heterocycles. The van der Waals surface area contributed by atoms with E-state index < -0.39 is 11.5 Å². The lowest BCUT2D eigenvalue weighted by Crippen LogP contribution is -1.99. The van der Waals surface area contributed by atoms with Crippen LogP contribution in [0.5, 0.6) is 5.75 Å². The number of aromatic amines is 2. The molecule has 0 saturated carbocycles. The first-order valence-electron chi connectivity index (χ1n) is 7.35. The number of H-pyrrole nitrogens is 2. The van der Waals surface area contributed by atoms with Crippen molar-refractivity contribution in [2.75, 3.05) is 0 Å². The largest absolute Gasteiger partial charge is 0.508 e. The van der Waals surface area contributed by atoms with Crippen LogP contribution in [0.15, 0.2) is 63.6 Å². The van der Waals surface area contributed by atoms with E-state index in [1.54, 1.807) is 36.4 Å². The number of phenolic OH excluding ortho intramolecular Hbond substituents is 1. The van der Waals surface area contributed by atoms with Crippen LogP contribution in [0.1, 0.15) is 5.56 Å². The predicted molar refractivity (Wildman–Crippen MR) is 90.5 cm³/mol. The Morgan fingerprint density at radius 2 is 1.64 bits per heavy atom. The number of hydrogen-bond acceptors (Lipinski definition) is 5. The van der Waals surface area contributed by atoms with E-state index in [-0.39, 0.29) is 17.9 Å². The minimum Gasteiger partial charge on any atom is -0.508 e. The van der Waals surface area contributed by atoms with E-state index in [0.717, 1.165) is 0 Å². The summed E-state index contributed by atoms with van der Waals surface area (Å²) in [5.41, 5.74) is 1.95. The van der Waals surface area contributed by atoms with Crippen LogP contribution in [0.2, 0.25) is 0 Å². The molecular formula is C17H14N4O4. The first-order valence-corrected chi connectivity index (χ1v) is 7.35. The van der Waals surface area contributed by atoms with Crippen LogP contribution in [0, 0.1) is 0 Å². The number of carbonyl (C=O) groups is 1. The molecule has 0 spiro atoms. The van der Waals surface area contributed by atoms with Crippen LogP contribution in [-0.2, 0) is 11.2 Å². The van der Waals surface area contributed by atoms with Gasteiger partial charge >= 0.3 is 5.97 Å². The maximum Gasteiger partial charge on any atom is 0.307 e. The smallest absolute Gasteiger partial charge is 0.307 e. The summed E-state index contributed by atoms with van der Waals surface area (Å²) < 4.78 is 0. The summed E-state index contributed by atoms with van der Waals surface area (Å²) in [6, 6.07) is 12.8. The average molecular weight is 338 g/mol. The summed E-state index contributed by atoms with van der Waals surface area (Å²) in [5.74, 6) is -0.793.